The SMILES string of the molecule is COc1cc(C(=O)O)ccc1NCc1ncc2c(n1)N(C1CCCCC1)CC(C)C(=O)N2C. The molecule has 33 heavy (non-hydrogen) atoms. The zero-order valence-electron chi connectivity index (χ0n) is 19.4. The highest BCUT2D eigenvalue weighted by atomic mass is 16.5. The summed E-state index contributed by atoms with van der Waals surface area (Å²) in [4.78, 5) is 37.5. The molecule has 9 heteroatoms. The molecule has 2 aromatic rings. The molecule has 4 rings (SSSR count). The van der Waals surface area contributed by atoms with E-state index in [1.54, 1.807) is 24.2 Å². The van der Waals surface area contributed by atoms with Gasteiger partial charge in [-0.15, -0.1) is 0 Å². The Kier molecular flexibility index (Phi) is 6.67. The molecule has 1 aromatic heterocycles. The molecule has 1 atom stereocenters. The minimum absolute atomic E-state index is 0.0762. The van der Waals surface area contributed by atoms with Gasteiger partial charge in [0.25, 0.3) is 0 Å². The molecule has 2 heterocycles. The molecule has 1 aromatic carbocycles. The van der Waals surface area contributed by atoms with Gasteiger partial charge in [0.2, 0.25) is 5.91 Å². The summed E-state index contributed by atoms with van der Waals surface area (Å²) in [5.41, 5.74) is 1.55. The van der Waals surface area contributed by atoms with Crippen molar-refractivity contribution < 1.29 is 19.4 Å². The number of rotatable bonds is 6. The number of benzene rings is 1. The first kappa shape index (κ1) is 22.8. The van der Waals surface area contributed by atoms with Crippen LogP contribution < -0.4 is 19.9 Å². The van der Waals surface area contributed by atoms with Gasteiger partial charge >= 0.3 is 5.97 Å². The Balaban J connectivity index is 1.62. The number of hydrogen-bond acceptors (Lipinski definition) is 7. The van der Waals surface area contributed by atoms with Crippen LogP contribution in [0.25, 0.3) is 0 Å². The first-order chi connectivity index (χ1) is 15.9. The highest BCUT2D eigenvalue weighted by molar-refractivity contribution is 5.98. The quantitative estimate of drug-likeness (QED) is 0.684. The molecule has 176 valence electrons. The molecule has 0 radical (unpaired) electrons. The number of ether oxygens (including phenoxy) is 1. The summed E-state index contributed by atoms with van der Waals surface area (Å²) in [6.07, 6.45) is 7.59. The van der Waals surface area contributed by atoms with E-state index in [9.17, 15) is 14.7 Å². The van der Waals surface area contributed by atoms with Crippen LogP contribution in [0.1, 0.15) is 55.2 Å². The van der Waals surface area contributed by atoms with E-state index in [0.717, 1.165) is 24.3 Å². The molecule has 2 N–H and O–H groups in total. The lowest BCUT2D eigenvalue weighted by molar-refractivity contribution is -0.121. The summed E-state index contributed by atoms with van der Waals surface area (Å²) in [5, 5.41) is 12.5. The number of nitrogens with one attached hydrogen (secondary N) is 1. The smallest absolute Gasteiger partial charge is 0.335 e. The van der Waals surface area contributed by atoms with Crippen molar-refractivity contribution in [1.82, 2.24) is 9.97 Å². The van der Waals surface area contributed by atoms with Gasteiger partial charge in [-0.2, -0.15) is 0 Å². The number of amides is 1. The Hall–Kier alpha value is -3.36. The Morgan fingerprint density at radius 3 is 2.73 bits per heavy atom. The molecular formula is C24H31N5O4. The highest BCUT2D eigenvalue weighted by Gasteiger charge is 2.34. The third kappa shape index (κ3) is 4.72. The summed E-state index contributed by atoms with van der Waals surface area (Å²) in [6.45, 7) is 2.96. The van der Waals surface area contributed by atoms with Crippen molar-refractivity contribution in [3.63, 3.8) is 0 Å². The van der Waals surface area contributed by atoms with Crippen LogP contribution in [0, 0.1) is 5.92 Å². The fraction of sp³-hybridized carbons (Fsp3) is 0.500. The van der Waals surface area contributed by atoms with E-state index < -0.39 is 5.97 Å². The van der Waals surface area contributed by atoms with Gasteiger partial charge in [-0.1, -0.05) is 26.2 Å². The Morgan fingerprint density at radius 1 is 1.27 bits per heavy atom. The van der Waals surface area contributed by atoms with Gasteiger partial charge in [0.1, 0.15) is 17.3 Å². The minimum atomic E-state index is -1.01. The van der Waals surface area contributed by atoms with Crippen molar-refractivity contribution in [2.75, 3.05) is 35.8 Å². The number of hydrogen-bond donors (Lipinski definition) is 2. The fourth-order valence-corrected chi connectivity index (χ4v) is 4.70. The minimum Gasteiger partial charge on any atom is -0.495 e. The van der Waals surface area contributed by atoms with Gasteiger partial charge in [-0.25, -0.2) is 14.8 Å². The highest BCUT2D eigenvalue weighted by Crippen LogP contribution is 2.36. The number of methoxy groups -OCH3 is 1. The molecule has 2 aliphatic rings. The largest absolute Gasteiger partial charge is 0.495 e. The van der Waals surface area contributed by atoms with E-state index in [2.05, 4.69) is 15.2 Å². The van der Waals surface area contributed by atoms with Gasteiger partial charge in [0.15, 0.2) is 5.82 Å². The summed E-state index contributed by atoms with van der Waals surface area (Å²) in [6, 6.07) is 5.06. The third-order valence-electron chi connectivity index (χ3n) is 6.56. The summed E-state index contributed by atoms with van der Waals surface area (Å²) in [5.74, 6) is 0.783. The lowest BCUT2D eigenvalue weighted by Crippen LogP contribution is -2.41. The van der Waals surface area contributed by atoms with Crippen LogP contribution in [0.2, 0.25) is 0 Å². The first-order valence-corrected chi connectivity index (χ1v) is 11.4. The van der Waals surface area contributed by atoms with Crippen LogP contribution in [0.4, 0.5) is 17.2 Å². The number of fused-ring (bicyclic) bond motifs is 1. The van der Waals surface area contributed by atoms with Gasteiger partial charge in [0.05, 0.1) is 37.0 Å². The van der Waals surface area contributed by atoms with Gasteiger partial charge < -0.3 is 25.0 Å². The Morgan fingerprint density at radius 2 is 2.03 bits per heavy atom. The van der Waals surface area contributed by atoms with Crippen LogP contribution in [-0.2, 0) is 11.3 Å². The van der Waals surface area contributed by atoms with Crippen LogP contribution in [0.3, 0.4) is 0 Å². The van der Waals surface area contributed by atoms with Gasteiger partial charge in [-0.05, 0) is 31.0 Å². The van der Waals surface area contributed by atoms with Crippen molar-refractivity contribution >= 4 is 29.1 Å². The number of carbonyl (C=O) groups excluding carboxylic acids is 1. The maximum Gasteiger partial charge on any atom is 0.335 e. The lowest BCUT2D eigenvalue weighted by atomic mass is 9.93. The summed E-state index contributed by atoms with van der Waals surface area (Å²) >= 11 is 0. The standard InChI is InChI=1S/C24H31N5O4/c1-15-14-29(17-7-5-4-6-8-17)22-19(28(2)23(15)30)12-26-21(27-22)13-25-18-10-9-16(24(31)32)11-20(18)33-3/h9-12,15,17,25H,4-8,13-14H2,1-3H3,(H,31,32). The van der Waals surface area contributed by atoms with Crippen molar-refractivity contribution in [3.05, 3.63) is 35.8 Å². The second kappa shape index (κ2) is 9.64. The molecule has 1 saturated carbocycles. The number of carbonyl (C=O) groups is 2. The van der Waals surface area contributed by atoms with Gasteiger partial charge in [-0.3, -0.25) is 4.79 Å². The molecule has 1 amide bonds. The average molecular weight is 454 g/mol. The van der Waals surface area contributed by atoms with Crippen molar-refractivity contribution in [2.45, 2.75) is 51.6 Å². The Labute approximate surface area is 193 Å². The van der Waals surface area contributed by atoms with E-state index >= 15 is 0 Å². The average Bonchev–Trinajstić information content (AvgIpc) is 2.93. The molecule has 0 spiro atoms. The van der Waals surface area contributed by atoms with E-state index in [1.165, 1.54) is 38.5 Å². The van der Waals surface area contributed by atoms with E-state index in [0.29, 0.717) is 36.4 Å². The summed E-state index contributed by atoms with van der Waals surface area (Å²) < 4.78 is 5.35. The normalized spacial score (nSPS) is 19.1. The van der Waals surface area contributed by atoms with E-state index in [-0.39, 0.29) is 17.4 Å². The maximum atomic E-state index is 12.9. The number of nitrogens with zero attached hydrogens (tertiary/aromatic N) is 4. The number of aromatic nitrogens is 2. The molecule has 0 saturated heterocycles. The zero-order chi connectivity index (χ0) is 23.5. The predicted molar refractivity (Wildman–Crippen MR) is 126 cm³/mol. The van der Waals surface area contributed by atoms with Crippen LogP contribution in [0.15, 0.2) is 24.4 Å². The van der Waals surface area contributed by atoms with Crippen LogP contribution in [-0.4, -0.2) is 53.7 Å². The number of aromatic carboxylic acids is 1. The molecule has 1 aliphatic heterocycles. The molecule has 1 fully saturated rings. The molecule has 0 bridgehead atoms. The van der Waals surface area contributed by atoms with Crippen molar-refractivity contribution in [2.24, 2.45) is 5.92 Å². The second-order valence-corrected chi connectivity index (χ2v) is 8.81. The molecule has 9 nitrogen and oxygen atoms in total. The van der Waals surface area contributed by atoms with Crippen molar-refractivity contribution in [3.8, 4) is 5.75 Å². The monoisotopic (exact) mass is 453 g/mol. The predicted octanol–water partition coefficient (Wildman–Crippen LogP) is 3.55. The number of carboxylic acids is 1. The van der Waals surface area contributed by atoms with E-state index in [4.69, 9.17) is 9.72 Å². The fourth-order valence-electron chi connectivity index (χ4n) is 4.70. The van der Waals surface area contributed by atoms with Crippen LogP contribution in [0.5, 0.6) is 5.75 Å². The van der Waals surface area contributed by atoms with Crippen molar-refractivity contribution in [1.29, 1.82) is 0 Å². The van der Waals surface area contributed by atoms with Crippen LogP contribution >= 0.6 is 0 Å². The number of anilines is 3. The third-order valence-corrected chi connectivity index (χ3v) is 6.56. The summed E-state index contributed by atoms with van der Waals surface area (Å²) in [7, 11) is 3.29. The number of carboxylic acid groups (broad SMARTS) is 1. The second-order valence-electron chi connectivity index (χ2n) is 8.81. The first-order valence-electron chi connectivity index (χ1n) is 11.4. The zero-order valence-corrected chi connectivity index (χ0v) is 19.4. The molecule has 1 unspecified atom stereocenters. The maximum absolute atomic E-state index is 12.9. The topological polar surface area (TPSA) is 108 Å². The van der Waals surface area contributed by atoms with E-state index in [1.807, 2.05) is 6.92 Å². The Bertz CT molecular complexity index is 1040. The lowest BCUT2D eigenvalue weighted by Gasteiger charge is -2.36. The molecule has 1 aliphatic carbocycles. The van der Waals surface area contributed by atoms with Gasteiger partial charge in [0, 0.05) is 19.6 Å². The molecular weight excluding hydrogens is 422 g/mol.